The Balaban J connectivity index is 1.46. The number of guanidine groups is 1. The number of rotatable bonds is 6. The molecular formula is C22H35N5O2. The summed E-state index contributed by atoms with van der Waals surface area (Å²) in [6, 6.07) is 8.00. The molecule has 0 atom stereocenters. The number of likely N-dealkylation sites (tertiary alicyclic amines) is 1. The minimum absolute atomic E-state index is 0.00346. The quantitative estimate of drug-likeness (QED) is 0.568. The van der Waals surface area contributed by atoms with Crippen LogP contribution in [0, 0.1) is 5.92 Å². The molecule has 0 unspecified atom stereocenters. The van der Waals surface area contributed by atoms with Gasteiger partial charge in [-0.2, -0.15) is 0 Å². The predicted octanol–water partition coefficient (Wildman–Crippen LogP) is 3.14. The largest absolute Gasteiger partial charge is 0.381 e. The van der Waals surface area contributed by atoms with Gasteiger partial charge in [0, 0.05) is 59.2 Å². The van der Waals surface area contributed by atoms with E-state index in [0.717, 1.165) is 81.7 Å². The van der Waals surface area contributed by atoms with E-state index in [0.29, 0.717) is 6.54 Å². The van der Waals surface area contributed by atoms with Crippen LogP contribution >= 0.6 is 0 Å². The summed E-state index contributed by atoms with van der Waals surface area (Å²) in [5.41, 5.74) is 1.95. The number of aliphatic imine (C=N–C) groups is 1. The Morgan fingerprint density at radius 3 is 2.76 bits per heavy atom. The molecule has 29 heavy (non-hydrogen) atoms. The fourth-order valence-electron chi connectivity index (χ4n) is 3.96. The molecule has 7 heteroatoms. The molecule has 3 rings (SSSR count). The first-order valence-corrected chi connectivity index (χ1v) is 10.8. The number of hydrogen-bond acceptors (Lipinski definition) is 3. The van der Waals surface area contributed by atoms with E-state index in [1.807, 2.05) is 30.1 Å². The first-order chi connectivity index (χ1) is 14.2. The lowest BCUT2D eigenvalue weighted by Gasteiger charge is -2.27. The van der Waals surface area contributed by atoms with Crippen molar-refractivity contribution < 1.29 is 9.53 Å². The maximum atomic E-state index is 12.3. The van der Waals surface area contributed by atoms with E-state index in [-0.39, 0.29) is 6.03 Å². The van der Waals surface area contributed by atoms with Crippen LogP contribution in [0.15, 0.2) is 29.3 Å². The summed E-state index contributed by atoms with van der Waals surface area (Å²) in [6.07, 6.45) is 5.68. The smallest absolute Gasteiger partial charge is 0.321 e. The standard InChI is InChI=1S/C22H35N5O2/c1-23-21(26(2)13-8-18-9-14-29-15-10-18)24-17-19-6-5-7-20(16-19)25-22(28)27-11-3-4-12-27/h5-7,16,18H,3-4,8-15,17H2,1-2H3,(H,23,24)(H,25,28). The molecule has 0 saturated carbocycles. The fraction of sp³-hybridized carbons (Fsp3) is 0.636. The van der Waals surface area contributed by atoms with Gasteiger partial charge in [0.15, 0.2) is 5.96 Å². The summed E-state index contributed by atoms with van der Waals surface area (Å²) in [7, 11) is 3.90. The first-order valence-electron chi connectivity index (χ1n) is 10.8. The Kier molecular flexibility index (Phi) is 8.16. The third kappa shape index (κ3) is 6.63. The van der Waals surface area contributed by atoms with Gasteiger partial charge in [-0.25, -0.2) is 4.79 Å². The van der Waals surface area contributed by atoms with Gasteiger partial charge in [0.2, 0.25) is 0 Å². The number of carbonyl (C=O) groups excluding carboxylic acids is 1. The van der Waals surface area contributed by atoms with E-state index in [1.165, 1.54) is 6.42 Å². The van der Waals surface area contributed by atoms with E-state index < -0.39 is 0 Å². The average molecular weight is 402 g/mol. The normalized spacial score (nSPS) is 18.0. The minimum Gasteiger partial charge on any atom is -0.381 e. The van der Waals surface area contributed by atoms with Crippen LogP contribution in [0.5, 0.6) is 0 Å². The van der Waals surface area contributed by atoms with Gasteiger partial charge in [0.05, 0.1) is 0 Å². The van der Waals surface area contributed by atoms with E-state index in [4.69, 9.17) is 4.74 Å². The van der Waals surface area contributed by atoms with Crippen LogP contribution in [-0.4, -0.2) is 68.7 Å². The molecule has 2 heterocycles. The number of nitrogens with one attached hydrogen (secondary N) is 2. The predicted molar refractivity (Wildman–Crippen MR) is 117 cm³/mol. The zero-order valence-electron chi connectivity index (χ0n) is 17.8. The Labute approximate surface area is 174 Å². The maximum Gasteiger partial charge on any atom is 0.321 e. The highest BCUT2D eigenvalue weighted by molar-refractivity contribution is 5.89. The van der Waals surface area contributed by atoms with Crippen molar-refractivity contribution in [3.05, 3.63) is 29.8 Å². The van der Waals surface area contributed by atoms with Gasteiger partial charge in [-0.3, -0.25) is 4.99 Å². The van der Waals surface area contributed by atoms with Crippen LogP contribution in [0.25, 0.3) is 0 Å². The monoisotopic (exact) mass is 401 g/mol. The molecule has 1 aromatic carbocycles. The zero-order valence-corrected chi connectivity index (χ0v) is 17.8. The van der Waals surface area contributed by atoms with Gasteiger partial charge >= 0.3 is 6.03 Å². The number of benzene rings is 1. The highest BCUT2D eigenvalue weighted by Gasteiger charge is 2.18. The first kappa shape index (κ1) is 21.4. The fourth-order valence-corrected chi connectivity index (χ4v) is 3.96. The van der Waals surface area contributed by atoms with Crippen LogP contribution in [-0.2, 0) is 11.3 Å². The van der Waals surface area contributed by atoms with Crippen molar-refractivity contribution in [2.45, 2.75) is 38.6 Å². The molecule has 0 radical (unpaired) electrons. The van der Waals surface area contributed by atoms with Crippen molar-refractivity contribution in [2.24, 2.45) is 10.9 Å². The van der Waals surface area contributed by atoms with E-state index in [2.05, 4.69) is 33.6 Å². The van der Waals surface area contributed by atoms with Crippen molar-refractivity contribution in [3.8, 4) is 0 Å². The second kappa shape index (κ2) is 11.0. The van der Waals surface area contributed by atoms with Crippen LogP contribution in [0.3, 0.4) is 0 Å². The topological polar surface area (TPSA) is 69.2 Å². The molecule has 0 aromatic heterocycles. The summed E-state index contributed by atoms with van der Waals surface area (Å²) < 4.78 is 5.45. The van der Waals surface area contributed by atoms with Crippen molar-refractivity contribution in [1.82, 2.24) is 15.1 Å². The number of nitrogens with zero attached hydrogens (tertiary/aromatic N) is 3. The van der Waals surface area contributed by atoms with E-state index in [1.54, 1.807) is 0 Å². The third-order valence-electron chi connectivity index (χ3n) is 5.81. The number of amides is 2. The van der Waals surface area contributed by atoms with Crippen LogP contribution in [0.4, 0.5) is 10.5 Å². The second-order valence-corrected chi connectivity index (χ2v) is 7.99. The SMILES string of the molecule is CN=C(NCc1cccc(NC(=O)N2CCCC2)c1)N(C)CCC1CCOCC1. The maximum absolute atomic E-state index is 12.3. The molecule has 0 spiro atoms. The Bertz CT molecular complexity index is 682. The molecule has 1 aromatic rings. The molecule has 0 bridgehead atoms. The highest BCUT2D eigenvalue weighted by Crippen LogP contribution is 2.18. The Morgan fingerprint density at radius 1 is 1.28 bits per heavy atom. The molecule has 0 aliphatic carbocycles. The Morgan fingerprint density at radius 2 is 2.03 bits per heavy atom. The molecule has 2 saturated heterocycles. The van der Waals surface area contributed by atoms with E-state index in [9.17, 15) is 4.79 Å². The Hall–Kier alpha value is -2.28. The second-order valence-electron chi connectivity index (χ2n) is 7.99. The summed E-state index contributed by atoms with van der Waals surface area (Å²) in [5, 5.41) is 6.45. The number of carbonyl (C=O) groups is 1. The average Bonchev–Trinajstić information content (AvgIpc) is 3.29. The van der Waals surface area contributed by atoms with Gasteiger partial charge in [0.1, 0.15) is 0 Å². The summed E-state index contributed by atoms with van der Waals surface area (Å²) in [4.78, 5) is 20.8. The van der Waals surface area contributed by atoms with Crippen molar-refractivity contribution >= 4 is 17.7 Å². The molecule has 2 aliphatic heterocycles. The van der Waals surface area contributed by atoms with Gasteiger partial charge in [-0.05, 0) is 55.7 Å². The molecule has 160 valence electrons. The van der Waals surface area contributed by atoms with Crippen molar-refractivity contribution in [1.29, 1.82) is 0 Å². The van der Waals surface area contributed by atoms with Crippen LogP contribution in [0.1, 0.15) is 37.7 Å². The molecule has 2 aliphatic rings. The molecule has 7 nitrogen and oxygen atoms in total. The van der Waals surface area contributed by atoms with Crippen molar-refractivity contribution in [2.75, 3.05) is 52.3 Å². The lowest BCUT2D eigenvalue weighted by Crippen LogP contribution is -2.39. The van der Waals surface area contributed by atoms with Crippen LogP contribution in [0.2, 0.25) is 0 Å². The molecule has 2 fully saturated rings. The summed E-state index contributed by atoms with van der Waals surface area (Å²) in [5.74, 6) is 1.64. The van der Waals surface area contributed by atoms with E-state index >= 15 is 0 Å². The minimum atomic E-state index is -0.00346. The summed E-state index contributed by atoms with van der Waals surface area (Å²) in [6.45, 7) is 5.14. The number of anilines is 1. The molecule has 2 amide bonds. The zero-order chi connectivity index (χ0) is 20.5. The number of ether oxygens (including phenoxy) is 1. The van der Waals surface area contributed by atoms with Gasteiger partial charge < -0.3 is 25.2 Å². The number of hydrogen-bond donors (Lipinski definition) is 2. The number of urea groups is 1. The van der Waals surface area contributed by atoms with Crippen molar-refractivity contribution in [3.63, 3.8) is 0 Å². The molecular weight excluding hydrogens is 366 g/mol. The van der Waals surface area contributed by atoms with Gasteiger partial charge in [-0.1, -0.05) is 12.1 Å². The van der Waals surface area contributed by atoms with Gasteiger partial charge in [-0.15, -0.1) is 0 Å². The van der Waals surface area contributed by atoms with Crippen LogP contribution < -0.4 is 10.6 Å². The lowest BCUT2D eigenvalue weighted by atomic mass is 9.96. The highest BCUT2D eigenvalue weighted by atomic mass is 16.5. The lowest BCUT2D eigenvalue weighted by molar-refractivity contribution is 0.0625. The third-order valence-corrected chi connectivity index (χ3v) is 5.81. The molecule has 2 N–H and O–H groups in total. The van der Waals surface area contributed by atoms with Gasteiger partial charge in [0.25, 0.3) is 0 Å². The summed E-state index contributed by atoms with van der Waals surface area (Å²) >= 11 is 0.